The highest BCUT2D eigenvalue weighted by Crippen LogP contribution is 2.34. The fraction of sp³-hybridized carbons (Fsp3) is 0.333. The van der Waals surface area contributed by atoms with E-state index >= 15 is 0 Å². The summed E-state index contributed by atoms with van der Waals surface area (Å²) in [5.41, 5.74) is 6.99. The van der Waals surface area contributed by atoms with Crippen LogP contribution in [-0.4, -0.2) is 38.1 Å². The van der Waals surface area contributed by atoms with Crippen molar-refractivity contribution in [2.45, 2.75) is 31.3 Å². The van der Waals surface area contributed by atoms with Gasteiger partial charge in [0.15, 0.2) is 5.84 Å². The van der Waals surface area contributed by atoms with Crippen molar-refractivity contribution < 1.29 is 14.1 Å². The molecule has 1 aromatic carbocycles. The van der Waals surface area contributed by atoms with Crippen LogP contribution < -0.4 is 17.0 Å². The first-order valence-electron chi connectivity index (χ1n) is 7.63. The summed E-state index contributed by atoms with van der Waals surface area (Å²) in [6.45, 7) is 1.84. The number of nitrogens with zero attached hydrogens (tertiary/aromatic N) is 3. The zero-order valence-electron chi connectivity index (χ0n) is 13.7. The molecule has 11 heteroatoms. The zero-order valence-corrected chi connectivity index (χ0v) is 15.2. The van der Waals surface area contributed by atoms with Gasteiger partial charge in [-0.25, -0.2) is 13.8 Å². The predicted octanol–water partition coefficient (Wildman–Crippen LogP) is 1.35. The lowest BCUT2D eigenvalue weighted by Gasteiger charge is -2.40. The summed E-state index contributed by atoms with van der Waals surface area (Å²) in [6, 6.07) is 3.85. The number of amidine groups is 1. The van der Waals surface area contributed by atoms with Crippen molar-refractivity contribution in [3.05, 3.63) is 44.9 Å². The number of hydrogen-bond acceptors (Lipinski definition) is 7. The van der Waals surface area contributed by atoms with Gasteiger partial charge in [0, 0.05) is 6.04 Å². The molecule has 1 saturated carbocycles. The molecule has 1 heterocycles. The van der Waals surface area contributed by atoms with Crippen molar-refractivity contribution in [2.75, 3.05) is 0 Å². The predicted molar refractivity (Wildman–Crippen MR) is 94.6 cm³/mol. The average Bonchev–Trinajstić information content (AvgIpc) is 2.95. The van der Waals surface area contributed by atoms with Crippen molar-refractivity contribution in [1.82, 2.24) is 15.2 Å². The summed E-state index contributed by atoms with van der Waals surface area (Å²) < 4.78 is 19.2. The fourth-order valence-electron chi connectivity index (χ4n) is 2.93. The number of hydrogen-bond donors (Lipinski definition) is 4. The Balaban J connectivity index is 2.02. The monoisotopic (exact) mass is 426 g/mol. The third kappa shape index (κ3) is 3.32. The van der Waals surface area contributed by atoms with Gasteiger partial charge in [0.25, 0.3) is 0 Å². The van der Waals surface area contributed by atoms with E-state index in [1.165, 1.54) is 12.1 Å². The van der Waals surface area contributed by atoms with Crippen LogP contribution in [0.4, 0.5) is 4.39 Å². The van der Waals surface area contributed by atoms with E-state index in [0.29, 0.717) is 12.8 Å². The summed E-state index contributed by atoms with van der Waals surface area (Å²) in [5, 5.41) is 21.2. The van der Waals surface area contributed by atoms with Gasteiger partial charge in [0.05, 0.1) is 15.7 Å². The summed E-state index contributed by atoms with van der Waals surface area (Å²) in [7, 11) is 0. The largest absolute Gasteiger partial charge is 0.446 e. The van der Waals surface area contributed by atoms with Gasteiger partial charge < -0.3 is 5.73 Å². The molecule has 0 bridgehead atoms. The second kappa shape index (κ2) is 6.74. The number of aromatic nitrogens is 2. The molecular weight excluding hydrogens is 411 g/mol. The number of rotatable bonds is 4. The molecule has 5 N–H and O–H groups in total. The van der Waals surface area contributed by atoms with E-state index in [1.807, 2.05) is 12.4 Å². The third-order valence-corrected chi connectivity index (χ3v) is 4.73. The molecule has 1 fully saturated rings. The summed E-state index contributed by atoms with van der Waals surface area (Å²) in [6.07, 6.45) is 1.20. The molecule has 0 aliphatic heterocycles. The van der Waals surface area contributed by atoms with E-state index in [0.717, 1.165) is 10.6 Å². The fourth-order valence-corrected chi connectivity index (χ4v) is 3.30. The lowest BCUT2D eigenvalue weighted by atomic mass is 9.75. The molecule has 0 unspecified atom stereocenters. The number of benzene rings is 1. The number of halogens is 2. The van der Waals surface area contributed by atoms with E-state index in [-0.39, 0.29) is 33.6 Å². The zero-order chi connectivity index (χ0) is 19.1. The maximum absolute atomic E-state index is 13.5. The molecule has 0 radical (unpaired) electrons. The molecule has 0 saturated heterocycles. The Morgan fingerprint density at radius 1 is 1.62 bits per heavy atom. The molecule has 3 rings (SSSR count). The standard InChI is InChI=1S/C15H16BrFN6O3/c1-15(5-7(18)6-15)20-12(21-25)11(19)13-22-26-14(24)23(13)8-2-3-10(17)9(16)4-8/h2-4,7,19,25H,5-6,18H2,1H3,(H,20,21). The topological polar surface area (TPSA) is 143 Å². The van der Waals surface area contributed by atoms with Crippen molar-refractivity contribution in [1.29, 1.82) is 5.41 Å². The molecule has 1 aliphatic rings. The van der Waals surface area contributed by atoms with Crippen molar-refractivity contribution in [3.8, 4) is 5.69 Å². The minimum Gasteiger partial charge on any atom is -0.328 e. The molecule has 0 spiro atoms. The van der Waals surface area contributed by atoms with Gasteiger partial charge in [0.1, 0.15) is 11.5 Å². The molecular formula is C15H16BrFN6O3. The van der Waals surface area contributed by atoms with E-state index in [1.54, 1.807) is 0 Å². The van der Waals surface area contributed by atoms with Crippen LogP contribution in [0.5, 0.6) is 0 Å². The molecule has 1 aliphatic carbocycles. The number of nitrogens with one attached hydrogen (secondary N) is 2. The van der Waals surface area contributed by atoms with Crippen molar-refractivity contribution >= 4 is 27.5 Å². The number of aliphatic imine (C=N–C) groups is 1. The highest BCUT2D eigenvalue weighted by atomic mass is 79.9. The van der Waals surface area contributed by atoms with Crippen LogP contribution in [0.2, 0.25) is 0 Å². The van der Waals surface area contributed by atoms with Gasteiger partial charge in [-0.3, -0.25) is 25.6 Å². The Kier molecular flexibility index (Phi) is 4.78. The van der Waals surface area contributed by atoms with Crippen LogP contribution in [0.25, 0.3) is 5.69 Å². The SMILES string of the molecule is CC1(N=C(NO)C(=N)c2noc(=O)n2-c2ccc(F)c(Br)c2)CC(N)C1. The molecule has 0 atom stereocenters. The Bertz CT molecular complexity index is 947. The summed E-state index contributed by atoms with van der Waals surface area (Å²) in [4.78, 5) is 16.4. The van der Waals surface area contributed by atoms with Crippen LogP contribution >= 0.6 is 15.9 Å². The van der Waals surface area contributed by atoms with Crippen LogP contribution in [0, 0.1) is 11.2 Å². The normalized spacial score (nSPS) is 22.8. The number of hydroxylamine groups is 1. The van der Waals surface area contributed by atoms with Crippen molar-refractivity contribution in [2.24, 2.45) is 10.7 Å². The summed E-state index contributed by atoms with van der Waals surface area (Å²) >= 11 is 3.04. The van der Waals surface area contributed by atoms with E-state index in [4.69, 9.17) is 11.1 Å². The third-order valence-electron chi connectivity index (χ3n) is 4.12. The van der Waals surface area contributed by atoms with Crippen LogP contribution in [0.1, 0.15) is 25.6 Å². The summed E-state index contributed by atoms with van der Waals surface area (Å²) in [5.74, 6) is -1.75. The maximum atomic E-state index is 13.5. The Hall–Kier alpha value is -2.37. The second-order valence-corrected chi connectivity index (χ2v) is 7.17. The van der Waals surface area contributed by atoms with Gasteiger partial charge in [-0.05, 0) is 53.9 Å². The van der Waals surface area contributed by atoms with E-state index < -0.39 is 17.1 Å². The smallest absolute Gasteiger partial charge is 0.328 e. The van der Waals surface area contributed by atoms with Gasteiger partial charge in [-0.15, -0.1) is 0 Å². The van der Waals surface area contributed by atoms with Gasteiger partial charge in [-0.1, -0.05) is 5.16 Å². The average molecular weight is 427 g/mol. The number of nitrogens with two attached hydrogens (primary N) is 1. The molecule has 1 aromatic heterocycles. The first-order valence-corrected chi connectivity index (χ1v) is 8.42. The Labute approximate surface area is 155 Å². The van der Waals surface area contributed by atoms with Crippen molar-refractivity contribution in [3.63, 3.8) is 0 Å². The molecule has 9 nitrogen and oxygen atoms in total. The highest BCUT2D eigenvalue weighted by Gasteiger charge is 2.39. The minimum absolute atomic E-state index is 0.0136. The molecule has 0 amide bonds. The maximum Gasteiger partial charge on any atom is 0.446 e. The lowest BCUT2D eigenvalue weighted by Crippen LogP contribution is -2.50. The lowest BCUT2D eigenvalue weighted by molar-refractivity contribution is 0.216. The van der Waals surface area contributed by atoms with E-state index in [2.05, 4.69) is 30.6 Å². The molecule has 2 aromatic rings. The van der Waals surface area contributed by atoms with Gasteiger partial charge in [-0.2, -0.15) is 0 Å². The first kappa shape index (κ1) is 18.4. The van der Waals surface area contributed by atoms with Crippen LogP contribution in [0.3, 0.4) is 0 Å². The van der Waals surface area contributed by atoms with Crippen LogP contribution in [-0.2, 0) is 0 Å². The Morgan fingerprint density at radius 3 is 2.88 bits per heavy atom. The first-order chi connectivity index (χ1) is 12.2. The highest BCUT2D eigenvalue weighted by molar-refractivity contribution is 9.10. The molecule has 26 heavy (non-hydrogen) atoms. The van der Waals surface area contributed by atoms with E-state index in [9.17, 15) is 14.4 Å². The molecule has 138 valence electrons. The van der Waals surface area contributed by atoms with Gasteiger partial charge >= 0.3 is 5.76 Å². The van der Waals surface area contributed by atoms with Gasteiger partial charge in [0.2, 0.25) is 5.82 Å². The van der Waals surface area contributed by atoms with Crippen LogP contribution in [0.15, 0.2) is 37.0 Å². The Morgan fingerprint density at radius 2 is 2.31 bits per heavy atom. The minimum atomic E-state index is -0.863. The quantitative estimate of drug-likeness (QED) is 0.330. The second-order valence-electron chi connectivity index (χ2n) is 6.32.